The maximum absolute atomic E-state index is 13.5. The molecule has 1 heterocycles. The van der Waals surface area contributed by atoms with Crippen LogP contribution in [0.25, 0.3) is 0 Å². The summed E-state index contributed by atoms with van der Waals surface area (Å²) in [5, 5.41) is 17.1. The fourth-order valence-corrected chi connectivity index (χ4v) is 3.69. The van der Waals surface area contributed by atoms with E-state index in [2.05, 4.69) is 20.5 Å². The van der Waals surface area contributed by atoms with Crippen molar-refractivity contribution in [2.75, 3.05) is 20.1 Å². The van der Waals surface area contributed by atoms with Gasteiger partial charge in [-0.25, -0.2) is 4.39 Å². The SMILES string of the molecule is CN=C(NCc1ccc(O)c(F)c1)NC1CCN(Cc2ccc(Cl)c(Cl)c2)CC1. The first-order chi connectivity index (χ1) is 13.9. The number of nitrogens with one attached hydrogen (secondary N) is 2. The predicted molar refractivity (Wildman–Crippen MR) is 116 cm³/mol. The second-order valence-corrected chi connectivity index (χ2v) is 7.97. The quantitative estimate of drug-likeness (QED) is 0.484. The van der Waals surface area contributed by atoms with Crippen LogP contribution >= 0.6 is 23.2 Å². The van der Waals surface area contributed by atoms with E-state index >= 15 is 0 Å². The number of nitrogens with zero attached hydrogens (tertiary/aromatic N) is 2. The summed E-state index contributed by atoms with van der Waals surface area (Å²) in [5.74, 6) is -0.285. The van der Waals surface area contributed by atoms with Gasteiger partial charge in [0.1, 0.15) is 0 Å². The highest BCUT2D eigenvalue weighted by Crippen LogP contribution is 2.24. The van der Waals surface area contributed by atoms with Crippen LogP contribution in [0.5, 0.6) is 5.75 Å². The number of phenols is 1. The van der Waals surface area contributed by atoms with Crippen molar-refractivity contribution in [2.24, 2.45) is 4.99 Å². The molecule has 0 unspecified atom stereocenters. The normalized spacial score (nSPS) is 16.1. The molecule has 3 N–H and O–H groups in total. The second-order valence-electron chi connectivity index (χ2n) is 7.15. The molecule has 0 radical (unpaired) electrons. The molecule has 5 nitrogen and oxygen atoms in total. The summed E-state index contributed by atoms with van der Waals surface area (Å²) in [5.41, 5.74) is 1.89. The summed E-state index contributed by atoms with van der Waals surface area (Å²) >= 11 is 12.1. The van der Waals surface area contributed by atoms with Crippen molar-refractivity contribution in [1.29, 1.82) is 0 Å². The molecule has 1 aliphatic rings. The minimum atomic E-state index is -0.624. The van der Waals surface area contributed by atoms with E-state index in [0.29, 0.717) is 28.6 Å². The Bertz CT molecular complexity index is 870. The van der Waals surface area contributed by atoms with Crippen LogP contribution in [0, 0.1) is 5.82 Å². The van der Waals surface area contributed by atoms with E-state index in [1.165, 1.54) is 12.1 Å². The highest BCUT2D eigenvalue weighted by molar-refractivity contribution is 6.42. The van der Waals surface area contributed by atoms with Gasteiger partial charge in [-0.05, 0) is 48.2 Å². The number of aromatic hydroxyl groups is 1. The topological polar surface area (TPSA) is 59.9 Å². The largest absolute Gasteiger partial charge is 0.505 e. The van der Waals surface area contributed by atoms with Gasteiger partial charge in [0.2, 0.25) is 0 Å². The number of halogens is 3. The third-order valence-electron chi connectivity index (χ3n) is 5.01. The average molecular weight is 439 g/mol. The van der Waals surface area contributed by atoms with Crippen molar-refractivity contribution < 1.29 is 9.50 Å². The lowest BCUT2D eigenvalue weighted by molar-refractivity contribution is 0.198. The Morgan fingerprint density at radius 1 is 1.14 bits per heavy atom. The Balaban J connectivity index is 1.44. The maximum atomic E-state index is 13.5. The molecule has 1 aliphatic heterocycles. The highest BCUT2D eigenvalue weighted by Gasteiger charge is 2.20. The monoisotopic (exact) mass is 438 g/mol. The van der Waals surface area contributed by atoms with Crippen molar-refractivity contribution in [3.8, 4) is 5.75 Å². The number of phenolic OH excluding ortho intramolecular Hbond substituents is 1. The lowest BCUT2D eigenvalue weighted by Gasteiger charge is -2.33. The molecule has 0 aliphatic carbocycles. The minimum Gasteiger partial charge on any atom is -0.505 e. The third kappa shape index (κ3) is 6.23. The van der Waals surface area contributed by atoms with Crippen LogP contribution in [-0.2, 0) is 13.1 Å². The molecule has 0 amide bonds. The third-order valence-corrected chi connectivity index (χ3v) is 5.75. The van der Waals surface area contributed by atoms with Crippen LogP contribution in [0.15, 0.2) is 41.4 Å². The summed E-state index contributed by atoms with van der Waals surface area (Å²) in [6.07, 6.45) is 1.99. The molecule has 1 saturated heterocycles. The first kappa shape index (κ1) is 21.7. The second kappa shape index (κ2) is 10.1. The standard InChI is InChI=1S/C21H25Cl2FN4O/c1-25-21(26-12-14-3-5-20(29)19(24)11-14)27-16-6-8-28(9-7-16)13-15-2-4-17(22)18(23)10-15/h2-5,10-11,16,29H,6-9,12-13H2,1H3,(H2,25,26,27). The van der Waals surface area contributed by atoms with Crippen molar-refractivity contribution in [3.05, 3.63) is 63.4 Å². The molecule has 0 atom stereocenters. The van der Waals surface area contributed by atoms with E-state index in [1.807, 2.05) is 18.2 Å². The van der Waals surface area contributed by atoms with Gasteiger partial charge in [0.15, 0.2) is 17.5 Å². The molecule has 8 heteroatoms. The van der Waals surface area contributed by atoms with Crippen molar-refractivity contribution in [2.45, 2.75) is 32.0 Å². The van der Waals surface area contributed by atoms with Crippen LogP contribution in [0.2, 0.25) is 10.0 Å². The van der Waals surface area contributed by atoms with E-state index in [0.717, 1.165) is 43.6 Å². The summed E-state index contributed by atoms with van der Waals surface area (Å²) in [6.45, 7) is 3.21. The van der Waals surface area contributed by atoms with Gasteiger partial charge >= 0.3 is 0 Å². The molecular weight excluding hydrogens is 414 g/mol. The van der Waals surface area contributed by atoms with Gasteiger partial charge in [0, 0.05) is 39.3 Å². The molecule has 2 aromatic carbocycles. The van der Waals surface area contributed by atoms with Crippen LogP contribution in [0.4, 0.5) is 4.39 Å². The number of guanidine groups is 1. The number of hydrogen-bond donors (Lipinski definition) is 3. The Labute approximate surface area is 180 Å². The zero-order valence-electron chi connectivity index (χ0n) is 16.3. The van der Waals surface area contributed by atoms with E-state index in [9.17, 15) is 9.50 Å². The molecular formula is C21H25Cl2FN4O. The van der Waals surface area contributed by atoms with Crippen molar-refractivity contribution in [1.82, 2.24) is 15.5 Å². The maximum Gasteiger partial charge on any atom is 0.191 e. The highest BCUT2D eigenvalue weighted by atomic mass is 35.5. The van der Waals surface area contributed by atoms with Gasteiger partial charge in [0.05, 0.1) is 10.0 Å². The predicted octanol–water partition coefficient (Wildman–Crippen LogP) is 4.17. The lowest BCUT2D eigenvalue weighted by atomic mass is 10.0. The van der Waals surface area contributed by atoms with Gasteiger partial charge < -0.3 is 15.7 Å². The van der Waals surface area contributed by atoms with Crippen LogP contribution in [0.1, 0.15) is 24.0 Å². The molecule has 0 saturated carbocycles. The Morgan fingerprint density at radius 2 is 1.86 bits per heavy atom. The average Bonchev–Trinajstić information content (AvgIpc) is 2.72. The molecule has 2 aromatic rings. The summed E-state index contributed by atoms with van der Waals surface area (Å²) in [4.78, 5) is 6.65. The van der Waals surface area contributed by atoms with E-state index in [1.54, 1.807) is 13.1 Å². The van der Waals surface area contributed by atoms with Gasteiger partial charge in [-0.15, -0.1) is 0 Å². The lowest BCUT2D eigenvalue weighted by Crippen LogP contribution is -2.48. The molecule has 0 spiro atoms. The number of aliphatic imine (C=N–C) groups is 1. The molecule has 3 rings (SSSR count). The number of hydrogen-bond acceptors (Lipinski definition) is 3. The first-order valence-electron chi connectivity index (χ1n) is 9.55. The Kier molecular flexibility index (Phi) is 7.58. The zero-order chi connectivity index (χ0) is 20.8. The molecule has 1 fully saturated rings. The number of piperidine rings is 1. The van der Waals surface area contributed by atoms with Gasteiger partial charge in [-0.2, -0.15) is 0 Å². The summed E-state index contributed by atoms with van der Waals surface area (Å²) < 4.78 is 13.5. The first-order valence-corrected chi connectivity index (χ1v) is 10.3. The molecule has 0 bridgehead atoms. The van der Waals surface area contributed by atoms with E-state index in [-0.39, 0.29) is 5.75 Å². The van der Waals surface area contributed by atoms with Gasteiger partial charge in [-0.1, -0.05) is 35.3 Å². The number of rotatable bonds is 5. The zero-order valence-corrected chi connectivity index (χ0v) is 17.8. The van der Waals surface area contributed by atoms with Crippen molar-refractivity contribution in [3.63, 3.8) is 0 Å². The van der Waals surface area contributed by atoms with Gasteiger partial charge in [-0.3, -0.25) is 9.89 Å². The molecule has 0 aromatic heterocycles. The summed E-state index contributed by atoms with van der Waals surface area (Å²) in [7, 11) is 1.71. The smallest absolute Gasteiger partial charge is 0.191 e. The fraction of sp³-hybridized carbons (Fsp3) is 0.381. The van der Waals surface area contributed by atoms with Crippen LogP contribution < -0.4 is 10.6 Å². The Morgan fingerprint density at radius 3 is 2.52 bits per heavy atom. The summed E-state index contributed by atoms with van der Waals surface area (Å²) in [6, 6.07) is 10.4. The van der Waals surface area contributed by atoms with Crippen molar-refractivity contribution >= 4 is 29.2 Å². The number of benzene rings is 2. The minimum absolute atomic E-state index is 0.322. The van der Waals surface area contributed by atoms with Gasteiger partial charge in [0.25, 0.3) is 0 Å². The van der Waals surface area contributed by atoms with Crippen LogP contribution in [-0.4, -0.2) is 42.1 Å². The fourth-order valence-electron chi connectivity index (χ4n) is 3.37. The molecule has 29 heavy (non-hydrogen) atoms. The van der Waals surface area contributed by atoms with E-state index < -0.39 is 5.82 Å². The number of likely N-dealkylation sites (tertiary alicyclic amines) is 1. The Hall–Kier alpha value is -2.02. The van der Waals surface area contributed by atoms with Crippen LogP contribution in [0.3, 0.4) is 0 Å². The molecule has 156 valence electrons. The van der Waals surface area contributed by atoms with E-state index in [4.69, 9.17) is 23.2 Å².